The smallest absolute Gasteiger partial charge is 0.119 e. The van der Waals surface area contributed by atoms with Gasteiger partial charge < -0.3 is 9.72 Å². The Morgan fingerprint density at radius 1 is 1.31 bits per heavy atom. The summed E-state index contributed by atoms with van der Waals surface area (Å²) in [6.07, 6.45) is 5.37. The number of H-pyrrole nitrogens is 1. The summed E-state index contributed by atoms with van der Waals surface area (Å²) in [6.45, 7) is 7.16. The Hall–Kier alpha value is -2.04. The van der Waals surface area contributed by atoms with Gasteiger partial charge in [0.25, 0.3) is 0 Å². The Labute approximate surface area is 180 Å². The van der Waals surface area contributed by atoms with Gasteiger partial charge in [-0.3, -0.25) is 4.90 Å². The number of para-hydroxylation sites is 1. The normalized spacial score (nSPS) is 24.1. The van der Waals surface area contributed by atoms with E-state index in [9.17, 15) is 0 Å². The largest absolute Gasteiger partial charge is 0.497 e. The van der Waals surface area contributed by atoms with E-state index in [1.165, 1.54) is 27.7 Å². The van der Waals surface area contributed by atoms with Crippen LogP contribution in [0.5, 0.6) is 5.75 Å². The molecule has 1 aliphatic heterocycles. The molecule has 2 aliphatic rings. The van der Waals surface area contributed by atoms with Crippen LogP contribution < -0.4 is 4.74 Å². The Morgan fingerprint density at radius 2 is 2.17 bits per heavy atom. The van der Waals surface area contributed by atoms with Crippen LogP contribution in [0, 0.1) is 5.92 Å². The van der Waals surface area contributed by atoms with Gasteiger partial charge in [0.05, 0.1) is 12.6 Å². The van der Waals surface area contributed by atoms with Crippen LogP contribution in [0.1, 0.15) is 23.2 Å². The molecular formula is C25H27BrN2O. The number of fused-ring (bicyclic) bond motifs is 4. The summed E-state index contributed by atoms with van der Waals surface area (Å²) >= 11 is 3.74. The highest BCUT2D eigenvalue weighted by Crippen LogP contribution is 2.49. The van der Waals surface area contributed by atoms with Crippen LogP contribution in [-0.2, 0) is 18.3 Å². The third-order valence-corrected chi connectivity index (χ3v) is 7.75. The molecule has 3 aromatic rings. The second-order valence-electron chi connectivity index (χ2n) is 8.51. The molecule has 1 N–H and O–H groups in total. The lowest BCUT2D eigenvalue weighted by Gasteiger charge is -2.51. The van der Waals surface area contributed by atoms with Crippen LogP contribution in [0.2, 0.25) is 0 Å². The Balaban J connectivity index is 1.64. The van der Waals surface area contributed by atoms with E-state index in [0.29, 0.717) is 5.92 Å². The van der Waals surface area contributed by atoms with Crippen molar-refractivity contribution >= 4 is 26.8 Å². The van der Waals surface area contributed by atoms with Crippen molar-refractivity contribution in [2.75, 3.05) is 26.7 Å². The minimum atomic E-state index is 0.145. The van der Waals surface area contributed by atoms with Crippen molar-refractivity contribution in [3.05, 3.63) is 76.4 Å². The molecule has 0 saturated carbocycles. The molecule has 2 aromatic carbocycles. The lowest BCUT2D eigenvalue weighted by atomic mass is 9.58. The predicted molar refractivity (Wildman–Crippen MR) is 123 cm³/mol. The number of rotatable bonds is 4. The predicted octanol–water partition coefficient (Wildman–Crippen LogP) is 5.48. The van der Waals surface area contributed by atoms with Crippen LogP contribution >= 0.6 is 15.9 Å². The second-order valence-corrected chi connectivity index (χ2v) is 9.36. The molecule has 2 unspecified atom stereocenters. The number of methoxy groups -OCH3 is 1. The third kappa shape index (κ3) is 3.04. The van der Waals surface area contributed by atoms with E-state index in [4.69, 9.17) is 4.74 Å². The number of likely N-dealkylation sites (tertiary alicyclic amines) is 1. The first-order chi connectivity index (χ1) is 14.1. The molecule has 0 spiro atoms. The maximum atomic E-state index is 5.58. The topological polar surface area (TPSA) is 28.3 Å². The van der Waals surface area contributed by atoms with Gasteiger partial charge in [-0.25, -0.2) is 0 Å². The number of nitrogens with zero attached hydrogens (tertiary/aromatic N) is 1. The molecule has 1 aliphatic carbocycles. The first-order valence-electron chi connectivity index (χ1n) is 10.4. The van der Waals surface area contributed by atoms with E-state index < -0.39 is 0 Å². The summed E-state index contributed by atoms with van der Waals surface area (Å²) in [5.74, 6) is 1.53. The lowest BCUT2D eigenvalue weighted by molar-refractivity contribution is 0.0896. The molecule has 4 heteroatoms. The van der Waals surface area contributed by atoms with Crippen LogP contribution in [0.4, 0.5) is 0 Å². The van der Waals surface area contributed by atoms with Crippen LogP contribution in [-0.4, -0.2) is 36.6 Å². The second kappa shape index (κ2) is 7.33. The maximum absolute atomic E-state index is 5.58. The molecule has 1 fully saturated rings. The fraction of sp³-hybridized carbons (Fsp3) is 0.360. The molecule has 5 rings (SSSR count). The van der Waals surface area contributed by atoms with Crippen molar-refractivity contribution in [3.8, 4) is 5.75 Å². The van der Waals surface area contributed by atoms with E-state index in [1.807, 2.05) is 6.08 Å². The first kappa shape index (κ1) is 19.0. The summed E-state index contributed by atoms with van der Waals surface area (Å²) in [5.41, 5.74) is 5.71. The average molecular weight is 451 g/mol. The molecule has 150 valence electrons. The van der Waals surface area contributed by atoms with Crippen molar-refractivity contribution < 1.29 is 4.74 Å². The van der Waals surface area contributed by atoms with Gasteiger partial charge in [-0.2, -0.15) is 0 Å². The van der Waals surface area contributed by atoms with E-state index in [2.05, 4.69) is 74.9 Å². The molecule has 2 atom stereocenters. The summed E-state index contributed by atoms with van der Waals surface area (Å²) in [7, 11) is 1.76. The van der Waals surface area contributed by atoms with Gasteiger partial charge in [0, 0.05) is 34.1 Å². The number of benzene rings is 2. The maximum Gasteiger partial charge on any atom is 0.119 e. The standard InChI is InChI=1S/C25H27BrN2O/c1-3-11-28-12-10-25(17-6-4-7-19(13-17)29-2)15-23-21(14-18(25)16-28)20-8-5-9-22(26)24(20)27-23/h3-9,13,18,27H,1,10-12,14-16H2,2H3. The average Bonchev–Trinajstić information content (AvgIpc) is 3.11. The molecule has 0 bridgehead atoms. The van der Waals surface area contributed by atoms with Gasteiger partial charge in [-0.05, 0) is 77.0 Å². The van der Waals surface area contributed by atoms with Gasteiger partial charge in [0.15, 0.2) is 0 Å². The number of hydrogen-bond donors (Lipinski definition) is 1. The molecule has 0 amide bonds. The molecule has 2 heterocycles. The van der Waals surface area contributed by atoms with Gasteiger partial charge in [-0.15, -0.1) is 6.58 Å². The zero-order valence-electron chi connectivity index (χ0n) is 16.9. The number of aromatic amines is 1. The quantitative estimate of drug-likeness (QED) is 0.532. The van der Waals surface area contributed by atoms with E-state index in [-0.39, 0.29) is 5.41 Å². The SMILES string of the molecule is C=CCN1CCC2(c3cccc(OC)c3)Cc3[nH]c4c(Br)cccc4c3CC2C1. The molecule has 1 saturated heterocycles. The number of piperidine rings is 1. The van der Waals surface area contributed by atoms with Crippen LogP contribution in [0.25, 0.3) is 10.9 Å². The van der Waals surface area contributed by atoms with E-state index in [1.54, 1.807) is 7.11 Å². The molecule has 1 aromatic heterocycles. The van der Waals surface area contributed by atoms with E-state index in [0.717, 1.165) is 49.1 Å². The zero-order valence-corrected chi connectivity index (χ0v) is 18.5. The van der Waals surface area contributed by atoms with Crippen molar-refractivity contribution in [2.24, 2.45) is 5.92 Å². The van der Waals surface area contributed by atoms with E-state index >= 15 is 0 Å². The molecule has 0 radical (unpaired) electrons. The first-order valence-corrected chi connectivity index (χ1v) is 11.2. The zero-order chi connectivity index (χ0) is 20.0. The van der Waals surface area contributed by atoms with Gasteiger partial charge >= 0.3 is 0 Å². The Bertz CT molecular complexity index is 1070. The fourth-order valence-corrected chi connectivity index (χ4v) is 6.10. The lowest BCUT2D eigenvalue weighted by Crippen LogP contribution is -2.53. The van der Waals surface area contributed by atoms with Crippen molar-refractivity contribution in [2.45, 2.75) is 24.7 Å². The Kier molecular flexibility index (Phi) is 4.79. The Morgan fingerprint density at radius 3 is 3.00 bits per heavy atom. The van der Waals surface area contributed by atoms with Crippen LogP contribution in [0.15, 0.2) is 59.6 Å². The number of ether oxygens (including phenoxy) is 1. The van der Waals surface area contributed by atoms with Crippen molar-refractivity contribution in [1.29, 1.82) is 0 Å². The minimum absolute atomic E-state index is 0.145. The summed E-state index contributed by atoms with van der Waals surface area (Å²) in [4.78, 5) is 6.33. The molecule has 29 heavy (non-hydrogen) atoms. The molecule has 3 nitrogen and oxygen atoms in total. The highest BCUT2D eigenvalue weighted by atomic mass is 79.9. The summed E-state index contributed by atoms with van der Waals surface area (Å²) in [5, 5.41) is 1.37. The summed E-state index contributed by atoms with van der Waals surface area (Å²) in [6, 6.07) is 15.3. The highest BCUT2D eigenvalue weighted by Gasteiger charge is 2.48. The van der Waals surface area contributed by atoms with Crippen molar-refractivity contribution in [1.82, 2.24) is 9.88 Å². The number of halogens is 1. The third-order valence-electron chi connectivity index (χ3n) is 7.09. The highest BCUT2D eigenvalue weighted by molar-refractivity contribution is 9.10. The van der Waals surface area contributed by atoms with Gasteiger partial charge in [0.1, 0.15) is 5.75 Å². The monoisotopic (exact) mass is 450 g/mol. The number of aromatic nitrogens is 1. The van der Waals surface area contributed by atoms with Crippen molar-refractivity contribution in [3.63, 3.8) is 0 Å². The number of hydrogen-bond acceptors (Lipinski definition) is 2. The van der Waals surface area contributed by atoms with Gasteiger partial charge in [0.2, 0.25) is 0 Å². The fourth-order valence-electron chi connectivity index (χ4n) is 5.63. The minimum Gasteiger partial charge on any atom is -0.497 e. The summed E-state index contributed by atoms with van der Waals surface area (Å²) < 4.78 is 6.73. The van der Waals surface area contributed by atoms with Crippen LogP contribution in [0.3, 0.4) is 0 Å². The van der Waals surface area contributed by atoms with Gasteiger partial charge in [-0.1, -0.05) is 30.3 Å². The number of nitrogens with one attached hydrogen (secondary N) is 1. The molecular weight excluding hydrogens is 424 g/mol.